The van der Waals surface area contributed by atoms with Gasteiger partial charge in [0, 0.05) is 10.5 Å². The van der Waals surface area contributed by atoms with Crippen molar-refractivity contribution in [2.75, 3.05) is 0 Å². The van der Waals surface area contributed by atoms with Gasteiger partial charge in [-0.05, 0) is 29.3 Å². The lowest BCUT2D eigenvalue weighted by molar-refractivity contribution is -0.129. The first-order valence-corrected chi connectivity index (χ1v) is 6.93. The molecular weight excluding hydrogens is 318 g/mol. The van der Waals surface area contributed by atoms with Crippen LogP contribution < -0.4 is 5.48 Å². The molecule has 0 heterocycles. The lowest BCUT2D eigenvalue weighted by atomic mass is 10.2. The number of carbonyl (C=O) groups is 1. The van der Waals surface area contributed by atoms with E-state index in [1.54, 1.807) is 6.08 Å². The summed E-state index contributed by atoms with van der Waals surface area (Å²) in [5.41, 5.74) is 4.33. The van der Waals surface area contributed by atoms with E-state index < -0.39 is 0 Å². The van der Waals surface area contributed by atoms with E-state index in [0.717, 1.165) is 15.6 Å². The number of hydroxylamine groups is 1. The minimum atomic E-state index is -0.288. The first-order valence-electron chi connectivity index (χ1n) is 6.13. The van der Waals surface area contributed by atoms with Crippen molar-refractivity contribution in [2.45, 2.75) is 6.61 Å². The van der Waals surface area contributed by atoms with Crippen LogP contribution >= 0.6 is 15.9 Å². The van der Waals surface area contributed by atoms with Crippen LogP contribution in [0.25, 0.3) is 6.08 Å². The second kappa shape index (κ2) is 7.62. The summed E-state index contributed by atoms with van der Waals surface area (Å²) in [7, 11) is 0. The molecule has 0 bridgehead atoms. The van der Waals surface area contributed by atoms with Crippen molar-refractivity contribution in [1.29, 1.82) is 0 Å². The normalized spacial score (nSPS) is 10.7. The van der Waals surface area contributed by atoms with Crippen LogP contribution in [0.2, 0.25) is 0 Å². The highest BCUT2D eigenvalue weighted by Crippen LogP contribution is 2.11. The van der Waals surface area contributed by atoms with Gasteiger partial charge in [0.15, 0.2) is 0 Å². The molecule has 0 spiro atoms. The van der Waals surface area contributed by atoms with Crippen molar-refractivity contribution < 1.29 is 9.63 Å². The van der Waals surface area contributed by atoms with Crippen LogP contribution in [0.3, 0.4) is 0 Å². The van der Waals surface area contributed by atoms with Crippen LogP contribution in [0.4, 0.5) is 0 Å². The number of nitrogens with one attached hydrogen (secondary N) is 1. The fourth-order valence-electron chi connectivity index (χ4n) is 1.54. The van der Waals surface area contributed by atoms with Crippen LogP contribution in [0.5, 0.6) is 0 Å². The third-order valence-corrected chi connectivity index (χ3v) is 3.08. The highest BCUT2D eigenvalue weighted by Gasteiger charge is 1.96. The molecule has 0 saturated heterocycles. The molecule has 0 aliphatic heterocycles. The van der Waals surface area contributed by atoms with Gasteiger partial charge in [-0.15, -0.1) is 0 Å². The zero-order chi connectivity index (χ0) is 14.2. The summed E-state index contributed by atoms with van der Waals surface area (Å²) in [5.74, 6) is -0.288. The van der Waals surface area contributed by atoms with Crippen molar-refractivity contribution in [3.05, 3.63) is 76.3 Å². The first kappa shape index (κ1) is 14.5. The summed E-state index contributed by atoms with van der Waals surface area (Å²) >= 11 is 3.36. The fourth-order valence-corrected chi connectivity index (χ4v) is 1.81. The van der Waals surface area contributed by atoms with E-state index in [4.69, 9.17) is 4.84 Å². The third-order valence-electron chi connectivity index (χ3n) is 2.55. The smallest absolute Gasteiger partial charge is 0.267 e. The van der Waals surface area contributed by atoms with Gasteiger partial charge in [0.25, 0.3) is 5.91 Å². The van der Waals surface area contributed by atoms with Gasteiger partial charge in [-0.25, -0.2) is 5.48 Å². The lowest BCUT2D eigenvalue weighted by Crippen LogP contribution is -2.21. The Labute approximate surface area is 126 Å². The predicted octanol–water partition coefficient (Wildman–Crippen LogP) is 3.71. The molecule has 0 aliphatic rings. The van der Waals surface area contributed by atoms with Crippen LogP contribution in [-0.2, 0) is 16.2 Å². The van der Waals surface area contributed by atoms with Gasteiger partial charge in [0.1, 0.15) is 0 Å². The molecule has 0 saturated carbocycles. The molecule has 1 N–H and O–H groups in total. The Bertz CT molecular complexity index is 579. The van der Waals surface area contributed by atoms with Gasteiger partial charge in [0.05, 0.1) is 6.61 Å². The second-order valence-corrected chi connectivity index (χ2v) is 5.04. The van der Waals surface area contributed by atoms with E-state index in [-0.39, 0.29) is 5.91 Å². The van der Waals surface area contributed by atoms with E-state index in [1.807, 2.05) is 54.6 Å². The minimum Gasteiger partial charge on any atom is -0.269 e. The predicted molar refractivity (Wildman–Crippen MR) is 82.5 cm³/mol. The van der Waals surface area contributed by atoms with Crippen LogP contribution in [-0.4, -0.2) is 5.91 Å². The average molecular weight is 332 g/mol. The SMILES string of the molecule is O=C(/C=C/c1ccc(Br)cc1)NOCc1ccccc1. The van der Waals surface area contributed by atoms with Gasteiger partial charge in [-0.1, -0.05) is 58.4 Å². The maximum atomic E-state index is 11.5. The molecule has 0 fully saturated rings. The van der Waals surface area contributed by atoms with Crippen LogP contribution in [0.15, 0.2) is 65.1 Å². The molecular formula is C16H14BrNO2. The number of carbonyl (C=O) groups excluding carboxylic acids is 1. The molecule has 0 aromatic heterocycles. The Morgan fingerprint density at radius 1 is 1.10 bits per heavy atom. The Hall–Kier alpha value is -1.91. The molecule has 102 valence electrons. The van der Waals surface area contributed by atoms with Crippen molar-refractivity contribution in [3.8, 4) is 0 Å². The van der Waals surface area contributed by atoms with Crippen LogP contribution in [0.1, 0.15) is 11.1 Å². The van der Waals surface area contributed by atoms with E-state index >= 15 is 0 Å². The highest BCUT2D eigenvalue weighted by atomic mass is 79.9. The van der Waals surface area contributed by atoms with Crippen LogP contribution in [0, 0.1) is 0 Å². The van der Waals surface area contributed by atoms with Crippen molar-refractivity contribution in [3.63, 3.8) is 0 Å². The summed E-state index contributed by atoms with van der Waals surface area (Å²) in [5, 5.41) is 0. The monoisotopic (exact) mass is 331 g/mol. The summed E-state index contributed by atoms with van der Waals surface area (Å²) < 4.78 is 1.00. The second-order valence-electron chi connectivity index (χ2n) is 4.13. The quantitative estimate of drug-likeness (QED) is 0.670. The lowest BCUT2D eigenvalue weighted by Gasteiger charge is -2.03. The maximum absolute atomic E-state index is 11.5. The van der Waals surface area contributed by atoms with Gasteiger partial charge in [-0.2, -0.15) is 0 Å². The van der Waals surface area contributed by atoms with Crippen molar-refractivity contribution >= 4 is 27.9 Å². The standard InChI is InChI=1S/C16H14BrNO2/c17-15-9-6-13(7-10-15)8-11-16(19)18-20-12-14-4-2-1-3-5-14/h1-11H,12H2,(H,18,19)/b11-8+. The molecule has 20 heavy (non-hydrogen) atoms. The average Bonchev–Trinajstić information content (AvgIpc) is 2.48. The highest BCUT2D eigenvalue weighted by molar-refractivity contribution is 9.10. The van der Waals surface area contributed by atoms with Gasteiger partial charge in [0.2, 0.25) is 0 Å². The van der Waals surface area contributed by atoms with Gasteiger partial charge < -0.3 is 0 Å². The van der Waals surface area contributed by atoms with Crippen molar-refractivity contribution in [2.24, 2.45) is 0 Å². The summed E-state index contributed by atoms with van der Waals surface area (Å²) in [6.07, 6.45) is 3.17. The molecule has 2 aromatic rings. The largest absolute Gasteiger partial charge is 0.269 e. The first-order chi connectivity index (χ1) is 9.74. The number of amides is 1. The number of rotatable bonds is 5. The number of hydrogen-bond acceptors (Lipinski definition) is 2. The molecule has 0 radical (unpaired) electrons. The summed E-state index contributed by atoms with van der Waals surface area (Å²) in [4.78, 5) is 16.7. The Balaban J connectivity index is 1.76. The Kier molecular flexibility index (Phi) is 5.53. The molecule has 3 nitrogen and oxygen atoms in total. The zero-order valence-electron chi connectivity index (χ0n) is 10.8. The topological polar surface area (TPSA) is 38.3 Å². The van der Waals surface area contributed by atoms with E-state index in [2.05, 4.69) is 21.4 Å². The molecule has 2 rings (SSSR count). The van der Waals surface area contributed by atoms with E-state index in [9.17, 15) is 4.79 Å². The number of benzene rings is 2. The number of hydrogen-bond donors (Lipinski definition) is 1. The minimum absolute atomic E-state index is 0.288. The van der Waals surface area contributed by atoms with E-state index in [1.165, 1.54) is 6.08 Å². The van der Waals surface area contributed by atoms with E-state index in [0.29, 0.717) is 6.61 Å². The molecule has 0 atom stereocenters. The molecule has 0 unspecified atom stereocenters. The Morgan fingerprint density at radius 3 is 2.50 bits per heavy atom. The fraction of sp³-hybridized carbons (Fsp3) is 0.0625. The molecule has 2 aromatic carbocycles. The molecule has 0 aliphatic carbocycles. The molecule has 1 amide bonds. The van der Waals surface area contributed by atoms with Gasteiger partial charge in [-0.3, -0.25) is 9.63 Å². The molecule has 4 heteroatoms. The summed E-state index contributed by atoms with van der Waals surface area (Å²) in [6, 6.07) is 17.3. The van der Waals surface area contributed by atoms with Crippen molar-refractivity contribution in [1.82, 2.24) is 5.48 Å². The summed E-state index contributed by atoms with van der Waals surface area (Å²) in [6.45, 7) is 0.346. The third kappa shape index (κ3) is 4.99. The number of halogens is 1. The maximum Gasteiger partial charge on any atom is 0.267 e. The zero-order valence-corrected chi connectivity index (χ0v) is 12.3. The van der Waals surface area contributed by atoms with Gasteiger partial charge >= 0.3 is 0 Å². The Morgan fingerprint density at radius 2 is 1.80 bits per heavy atom.